The fourth-order valence-corrected chi connectivity index (χ4v) is 6.69. The second-order valence-electron chi connectivity index (χ2n) is 11.4. The summed E-state index contributed by atoms with van der Waals surface area (Å²) in [6.07, 6.45) is 5.05. The van der Waals surface area contributed by atoms with E-state index in [2.05, 4.69) is 57.0 Å². The first kappa shape index (κ1) is 25.6. The van der Waals surface area contributed by atoms with Crippen LogP contribution in [0.5, 0.6) is 5.88 Å². The van der Waals surface area contributed by atoms with Crippen LogP contribution < -0.4 is 0 Å². The molecule has 1 aromatic heterocycles. The van der Waals surface area contributed by atoms with Crippen LogP contribution in [0.3, 0.4) is 0 Å². The summed E-state index contributed by atoms with van der Waals surface area (Å²) >= 11 is 3.51. The molecule has 5 rings (SSSR count). The van der Waals surface area contributed by atoms with E-state index in [1.54, 1.807) is 0 Å². The summed E-state index contributed by atoms with van der Waals surface area (Å²) in [4.78, 5) is 19.8. The molecule has 1 aliphatic carbocycles. The zero-order valence-electron chi connectivity index (χ0n) is 21.4. The molecule has 2 atom stereocenters. The van der Waals surface area contributed by atoms with Crippen LogP contribution in [0.15, 0.2) is 68.4 Å². The van der Waals surface area contributed by atoms with Gasteiger partial charge in [-0.25, -0.2) is 0 Å². The van der Waals surface area contributed by atoms with Gasteiger partial charge >= 0.3 is 5.91 Å². The predicted molar refractivity (Wildman–Crippen MR) is 147 cm³/mol. The molecule has 2 aromatic carbocycles. The van der Waals surface area contributed by atoms with Gasteiger partial charge in [0.05, 0.1) is 18.4 Å². The van der Waals surface area contributed by atoms with Crippen LogP contribution in [-0.4, -0.2) is 45.9 Å². The molecular weight excluding hydrogens is 534 g/mol. The van der Waals surface area contributed by atoms with E-state index in [1.807, 2.05) is 53.1 Å². The molecule has 2 heterocycles. The zero-order valence-corrected chi connectivity index (χ0v) is 23.0. The molecule has 194 valence electrons. The molecular formula is C28H32BrN5O3. The summed E-state index contributed by atoms with van der Waals surface area (Å²) in [5.41, 5.74) is 2.57. The number of amides is 1. The number of halogens is 1. The van der Waals surface area contributed by atoms with E-state index < -0.39 is 5.91 Å². The van der Waals surface area contributed by atoms with Crippen molar-refractivity contribution in [1.29, 1.82) is 0 Å². The van der Waals surface area contributed by atoms with Gasteiger partial charge < -0.3 is 9.94 Å². The number of fused-ring (bicyclic) bond motifs is 3. The number of benzene rings is 2. The van der Waals surface area contributed by atoms with Crippen molar-refractivity contribution in [3.8, 4) is 5.88 Å². The monoisotopic (exact) mass is 565 g/mol. The van der Waals surface area contributed by atoms with Crippen molar-refractivity contribution in [1.82, 2.24) is 9.47 Å². The number of likely N-dealkylation sites (tertiary alicyclic amines) is 1. The Morgan fingerprint density at radius 2 is 1.97 bits per heavy atom. The molecule has 2 aliphatic rings. The molecule has 0 spiro atoms. The molecule has 2 fully saturated rings. The number of carbonyl (C=O) groups excluding carboxylic acids is 1. The van der Waals surface area contributed by atoms with Crippen LogP contribution in [0.25, 0.3) is 10.9 Å². The minimum Gasteiger partial charge on any atom is -0.493 e. The molecule has 1 saturated carbocycles. The van der Waals surface area contributed by atoms with E-state index in [1.165, 1.54) is 19.1 Å². The summed E-state index contributed by atoms with van der Waals surface area (Å²) in [7, 11) is 0. The van der Waals surface area contributed by atoms with Gasteiger partial charge in [0, 0.05) is 22.4 Å². The first-order valence-electron chi connectivity index (χ1n) is 12.5. The normalized spacial score (nSPS) is 23.4. The Balaban J connectivity index is 1.34. The van der Waals surface area contributed by atoms with Crippen molar-refractivity contribution in [3.05, 3.63) is 58.6 Å². The van der Waals surface area contributed by atoms with Crippen molar-refractivity contribution in [2.75, 3.05) is 13.2 Å². The van der Waals surface area contributed by atoms with Gasteiger partial charge in [-0.2, -0.15) is 0 Å². The maximum Gasteiger partial charge on any atom is 0.304 e. The van der Waals surface area contributed by atoms with Gasteiger partial charge in [0.1, 0.15) is 0 Å². The quantitative estimate of drug-likeness (QED) is 0.198. The van der Waals surface area contributed by atoms with Crippen molar-refractivity contribution in [2.24, 2.45) is 26.2 Å². The first-order valence-corrected chi connectivity index (χ1v) is 13.3. The SMILES string of the molecule is CC1(C)CC2CC(C)(CN2Cn2c(O)c(N=NC(=O)CO/N=C/c3ccccc3)c3cc(Br)ccc32)C1. The molecule has 0 radical (unpaired) electrons. The molecule has 1 aliphatic heterocycles. The standard InChI is InChI=1S/C28H32BrN5O3/c1-27(2)12-21-13-28(3,16-27)17-33(21)18-34-23-10-9-20(29)11-22(23)25(26(34)36)32-31-24(35)15-37-30-14-19-7-5-4-6-8-19/h4-11,14,21,36H,12-13,15-18H2,1-3H3/b30-14+,32-31?. The Kier molecular flexibility index (Phi) is 6.93. The predicted octanol–water partition coefficient (Wildman–Crippen LogP) is 6.63. The summed E-state index contributed by atoms with van der Waals surface area (Å²) in [6, 6.07) is 15.7. The molecule has 3 aromatic rings. The lowest BCUT2D eigenvalue weighted by Crippen LogP contribution is -2.35. The maximum atomic E-state index is 12.3. The van der Waals surface area contributed by atoms with Gasteiger partial charge in [0.25, 0.3) is 0 Å². The van der Waals surface area contributed by atoms with Gasteiger partial charge in [-0.15, -0.1) is 10.2 Å². The number of carbonyl (C=O) groups is 1. The third-order valence-corrected chi connectivity index (χ3v) is 7.84. The van der Waals surface area contributed by atoms with Crippen LogP contribution in [0.1, 0.15) is 45.6 Å². The number of aromatic nitrogens is 1. The topological polar surface area (TPSA) is 91.8 Å². The number of aromatic hydroxyl groups is 1. The van der Waals surface area contributed by atoms with E-state index in [-0.39, 0.29) is 23.6 Å². The molecule has 9 heteroatoms. The maximum absolute atomic E-state index is 12.3. The lowest BCUT2D eigenvalue weighted by Gasteiger charge is -2.40. The molecule has 8 nitrogen and oxygen atoms in total. The minimum atomic E-state index is -0.594. The highest BCUT2D eigenvalue weighted by Crippen LogP contribution is 2.53. The fraction of sp³-hybridized carbons (Fsp3) is 0.429. The highest BCUT2D eigenvalue weighted by atomic mass is 79.9. The Morgan fingerprint density at radius 1 is 1.19 bits per heavy atom. The van der Waals surface area contributed by atoms with Crippen LogP contribution in [-0.2, 0) is 16.3 Å². The van der Waals surface area contributed by atoms with Crippen molar-refractivity contribution in [2.45, 2.75) is 52.7 Å². The molecule has 2 bridgehead atoms. The van der Waals surface area contributed by atoms with E-state index in [4.69, 9.17) is 4.84 Å². The number of hydrogen-bond donors (Lipinski definition) is 1. The van der Waals surface area contributed by atoms with Crippen LogP contribution in [0.2, 0.25) is 0 Å². The average Bonchev–Trinajstić information content (AvgIpc) is 3.23. The third-order valence-electron chi connectivity index (χ3n) is 7.34. The van der Waals surface area contributed by atoms with Crippen LogP contribution >= 0.6 is 15.9 Å². The van der Waals surface area contributed by atoms with Crippen molar-refractivity contribution >= 4 is 44.6 Å². The Hall–Kier alpha value is -3.04. The van der Waals surface area contributed by atoms with Crippen LogP contribution in [0.4, 0.5) is 5.69 Å². The van der Waals surface area contributed by atoms with Gasteiger partial charge in [-0.1, -0.05) is 72.2 Å². The molecule has 1 saturated heterocycles. The Labute approximate surface area is 225 Å². The minimum absolute atomic E-state index is 0.00136. The summed E-state index contributed by atoms with van der Waals surface area (Å²) < 4.78 is 2.72. The lowest BCUT2D eigenvalue weighted by atomic mass is 9.65. The first-order chi connectivity index (χ1) is 17.6. The van der Waals surface area contributed by atoms with Crippen molar-refractivity contribution < 1.29 is 14.7 Å². The van der Waals surface area contributed by atoms with E-state index in [9.17, 15) is 9.90 Å². The van der Waals surface area contributed by atoms with Gasteiger partial charge in [-0.05, 0) is 53.9 Å². The molecule has 37 heavy (non-hydrogen) atoms. The van der Waals surface area contributed by atoms with Gasteiger partial charge in [0.2, 0.25) is 5.88 Å². The van der Waals surface area contributed by atoms with Gasteiger partial charge in [-0.3, -0.25) is 14.3 Å². The van der Waals surface area contributed by atoms with Gasteiger partial charge in [0.15, 0.2) is 12.3 Å². The van der Waals surface area contributed by atoms with E-state index >= 15 is 0 Å². The fourth-order valence-electron chi connectivity index (χ4n) is 6.33. The molecule has 2 unspecified atom stereocenters. The highest BCUT2D eigenvalue weighted by molar-refractivity contribution is 9.10. The Morgan fingerprint density at radius 3 is 2.76 bits per heavy atom. The lowest BCUT2D eigenvalue weighted by molar-refractivity contribution is -0.122. The Bertz CT molecular complexity index is 1370. The smallest absolute Gasteiger partial charge is 0.304 e. The number of oxime groups is 1. The third kappa shape index (κ3) is 5.62. The number of hydrogen-bond acceptors (Lipinski definition) is 6. The second-order valence-corrected chi connectivity index (χ2v) is 12.3. The summed E-state index contributed by atoms with van der Waals surface area (Å²) in [5.74, 6) is -0.595. The largest absolute Gasteiger partial charge is 0.493 e. The van der Waals surface area contributed by atoms with E-state index in [0.717, 1.165) is 33.9 Å². The molecule has 1 N–H and O–H groups in total. The molecule has 1 amide bonds. The summed E-state index contributed by atoms with van der Waals surface area (Å²) in [6.45, 7) is 8.29. The number of azo groups is 1. The van der Waals surface area contributed by atoms with Crippen molar-refractivity contribution in [3.63, 3.8) is 0 Å². The second kappa shape index (κ2) is 10.0. The zero-order chi connectivity index (χ0) is 26.2. The number of rotatable bonds is 7. The van der Waals surface area contributed by atoms with Crippen LogP contribution in [0, 0.1) is 10.8 Å². The van der Waals surface area contributed by atoms with E-state index in [0.29, 0.717) is 18.1 Å². The highest BCUT2D eigenvalue weighted by Gasteiger charge is 2.49. The summed E-state index contributed by atoms with van der Waals surface area (Å²) in [5, 5.41) is 23.7. The average molecular weight is 567 g/mol. The number of nitrogens with zero attached hydrogens (tertiary/aromatic N) is 5.